The van der Waals surface area contributed by atoms with Crippen molar-refractivity contribution in [2.24, 2.45) is 0 Å². The van der Waals surface area contributed by atoms with Crippen LogP contribution in [0.5, 0.6) is 0 Å². The van der Waals surface area contributed by atoms with Gasteiger partial charge in [0.2, 0.25) is 10.0 Å². The van der Waals surface area contributed by atoms with Crippen molar-refractivity contribution in [2.75, 3.05) is 39.8 Å². The summed E-state index contributed by atoms with van der Waals surface area (Å²) in [7, 11) is -1.71. The van der Waals surface area contributed by atoms with E-state index in [9.17, 15) is 17.2 Å². The number of nitrogens with one attached hydrogen (secondary N) is 1. The van der Waals surface area contributed by atoms with Crippen molar-refractivity contribution in [1.82, 2.24) is 14.5 Å². The molecule has 1 fully saturated rings. The van der Waals surface area contributed by atoms with E-state index in [-0.39, 0.29) is 17.6 Å². The fourth-order valence-corrected chi connectivity index (χ4v) is 6.57. The summed E-state index contributed by atoms with van der Waals surface area (Å²) in [6, 6.07) is 11.9. The first-order chi connectivity index (χ1) is 15.9. The summed E-state index contributed by atoms with van der Waals surface area (Å²) >= 11 is 0. The molecule has 0 radical (unpaired) electrons. The average molecular weight is 476 g/mol. The second-order valence-electron chi connectivity index (χ2n) is 8.90. The van der Waals surface area contributed by atoms with Gasteiger partial charge in [-0.3, -0.25) is 4.90 Å². The summed E-state index contributed by atoms with van der Waals surface area (Å²) in [5.41, 5.74) is 2.53. The topological polar surface area (TPSA) is 61.9 Å². The highest BCUT2D eigenvalue weighted by molar-refractivity contribution is 7.89. The Bertz CT molecular complexity index is 1150. The Kier molecular flexibility index (Phi) is 6.09. The van der Waals surface area contributed by atoms with Gasteiger partial charge in [-0.15, -0.1) is 0 Å². The molecule has 3 aliphatic heterocycles. The lowest BCUT2D eigenvalue weighted by Gasteiger charge is -2.40. The molecule has 0 amide bonds. The Hall–Kier alpha value is -2.17. The Balaban J connectivity index is 1.23. The predicted octanol–water partition coefficient (Wildman–Crippen LogP) is 2.70. The van der Waals surface area contributed by atoms with Gasteiger partial charge in [0.05, 0.1) is 11.5 Å². The van der Waals surface area contributed by atoms with Gasteiger partial charge in [-0.05, 0) is 54.9 Å². The van der Waals surface area contributed by atoms with Crippen LogP contribution in [0.4, 0.5) is 8.78 Å². The summed E-state index contributed by atoms with van der Waals surface area (Å²) in [4.78, 5) is 2.62. The molecular weight excluding hydrogens is 448 g/mol. The van der Waals surface area contributed by atoms with E-state index in [1.165, 1.54) is 6.07 Å². The summed E-state index contributed by atoms with van der Waals surface area (Å²) in [6.45, 7) is 2.61. The molecule has 2 aromatic rings. The monoisotopic (exact) mass is 475 g/mol. The maximum Gasteiger partial charge on any atom is 0.243 e. The zero-order chi connectivity index (χ0) is 23.2. The normalized spacial score (nSPS) is 26.7. The van der Waals surface area contributed by atoms with Crippen molar-refractivity contribution in [3.63, 3.8) is 0 Å². The molecule has 33 heavy (non-hydrogen) atoms. The number of hydrogen-bond acceptors (Lipinski definition) is 5. The number of hydrogen-bond donors (Lipinski definition) is 1. The van der Waals surface area contributed by atoms with E-state index < -0.39 is 27.8 Å². The van der Waals surface area contributed by atoms with Crippen molar-refractivity contribution in [3.05, 3.63) is 76.9 Å². The van der Waals surface area contributed by atoms with Crippen LogP contribution in [-0.4, -0.2) is 69.5 Å². The van der Waals surface area contributed by atoms with Crippen LogP contribution in [0.1, 0.15) is 18.1 Å². The van der Waals surface area contributed by atoms with E-state index in [1.54, 1.807) is 41.7 Å². The first-order valence-corrected chi connectivity index (χ1v) is 12.5. The quantitative estimate of drug-likeness (QED) is 0.674. The van der Waals surface area contributed by atoms with Crippen molar-refractivity contribution in [1.29, 1.82) is 0 Å². The molecule has 0 bridgehead atoms. The van der Waals surface area contributed by atoms with E-state index in [4.69, 9.17) is 4.74 Å². The lowest BCUT2D eigenvalue weighted by atomic mass is 9.92. The van der Waals surface area contributed by atoms with Gasteiger partial charge in [-0.2, -0.15) is 4.31 Å². The highest BCUT2D eigenvalue weighted by Gasteiger charge is 2.41. The second-order valence-corrected chi connectivity index (χ2v) is 10.8. The molecule has 2 aromatic carbocycles. The molecule has 0 spiro atoms. The number of benzene rings is 2. The standard InChI is InChI=1S/C24H27F2N3O3S/c1-27-23-10-19(15-32-24(23)21-9-18(25)7-8-22(21)26)28-11-16-13-29(14-17(16)12-28)33(30,31)20-5-3-2-4-6-20/h2-9,19,23-24,27H,10-15H2,1H3. The van der Waals surface area contributed by atoms with Crippen LogP contribution in [0.15, 0.2) is 64.6 Å². The van der Waals surface area contributed by atoms with Gasteiger partial charge in [0.25, 0.3) is 0 Å². The van der Waals surface area contributed by atoms with Crippen LogP contribution in [-0.2, 0) is 14.8 Å². The molecule has 0 saturated carbocycles. The highest BCUT2D eigenvalue weighted by Crippen LogP contribution is 2.36. The zero-order valence-corrected chi connectivity index (χ0v) is 19.2. The summed E-state index contributed by atoms with van der Waals surface area (Å²) in [6.07, 6.45) is 0.167. The number of sulfonamides is 1. The number of rotatable bonds is 5. The maximum absolute atomic E-state index is 14.3. The summed E-state index contributed by atoms with van der Waals surface area (Å²) < 4.78 is 61.5. The van der Waals surface area contributed by atoms with Gasteiger partial charge >= 0.3 is 0 Å². The predicted molar refractivity (Wildman–Crippen MR) is 120 cm³/mol. The molecule has 0 aliphatic carbocycles. The fraction of sp³-hybridized carbons (Fsp3) is 0.417. The van der Waals surface area contributed by atoms with Crippen molar-refractivity contribution in [2.45, 2.75) is 29.5 Å². The largest absolute Gasteiger partial charge is 0.370 e. The third-order valence-corrected chi connectivity index (χ3v) is 8.72. The smallest absolute Gasteiger partial charge is 0.243 e. The first-order valence-electron chi connectivity index (χ1n) is 11.1. The van der Waals surface area contributed by atoms with E-state index in [1.807, 2.05) is 0 Å². The number of likely N-dealkylation sites (N-methyl/N-ethyl adjacent to an activating group) is 1. The van der Waals surface area contributed by atoms with Gasteiger partial charge in [0.15, 0.2) is 0 Å². The third-order valence-electron chi connectivity index (χ3n) is 6.91. The Labute approximate surface area is 192 Å². The van der Waals surface area contributed by atoms with Gasteiger partial charge in [0.1, 0.15) is 17.7 Å². The molecular formula is C24H27F2N3O3S. The minimum absolute atomic E-state index is 0.111. The molecule has 0 aromatic heterocycles. The molecule has 1 saturated heterocycles. The Morgan fingerprint density at radius 2 is 1.70 bits per heavy atom. The Morgan fingerprint density at radius 1 is 1.00 bits per heavy atom. The molecule has 176 valence electrons. The van der Waals surface area contributed by atoms with Crippen LogP contribution in [0.2, 0.25) is 0 Å². The van der Waals surface area contributed by atoms with Crippen molar-refractivity contribution >= 4 is 10.0 Å². The Morgan fingerprint density at radius 3 is 2.36 bits per heavy atom. The first kappa shape index (κ1) is 22.6. The van der Waals surface area contributed by atoms with Gasteiger partial charge < -0.3 is 10.1 Å². The number of halogens is 2. The van der Waals surface area contributed by atoms with Gasteiger partial charge in [-0.25, -0.2) is 17.2 Å². The molecule has 9 heteroatoms. The molecule has 5 rings (SSSR count). The molecule has 3 heterocycles. The zero-order valence-electron chi connectivity index (χ0n) is 18.4. The lowest BCUT2D eigenvalue weighted by Crippen LogP contribution is -2.50. The minimum atomic E-state index is -3.51. The lowest BCUT2D eigenvalue weighted by molar-refractivity contribution is -0.0539. The molecule has 6 nitrogen and oxygen atoms in total. The molecule has 3 unspecified atom stereocenters. The average Bonchev–Trinajstić information content (AvgIpc) is 3.41. The fourth-order valence-electron chi connectivity index (χ4n) is 5.12. The van der Waals surface area contributed by atoms with Crippen LogP contribution in [0.25, 0.3) is 0 Å². The third kappa shape index (κ3) is 4.24. The van der Waals surface area contributed by atoms with Crippen molar-refractivity contribution in [3.8, 4) is 0 Å². The summed E-state index contributed by atoms with van der Waals surface area (Å²) in [5.74, 6) is -0.955. The molecule has 3 aliphatic rings. The second kappa shape index (κ2) is 8.88. The molecule has 1 N–H and O–H groups in total. The number of nitrogens with zero attached hydrogens (tertiary/aromatic N) is 2. The van der Waals surface area contributed by atoms with Gasteiger partial charge in [0, 0.05) is 43.8 Å². The maximum atomic E-state index is 14.3. The van der Waals surface area contributed by atoms with Crippen LogP contribution in [0, 0.1) is 11.6 Å². The SMILES string of the molecule is CNC1CC(N2CC3=C(C2)CN(S(=O)(=O)c2ccccc2)C3)COC1c1cc(F)ccc1F. The van der Waals surface area contributed by atoms with Crippen molar-refractivity contribution < 1.29 is 21.9 Å². The van der Waals surface area contributed by atoms with E-state index in [2.05, 4.69) is 10.2 Å². The minimum Gasteiger partial charge on any atom is -0.370 e. The molecule has 3 atom stereocenters. The van der Waals surface area contributed by atoms with E-state index >= 15 is 0 Å². The van der Waals surface area contributed by atoms with Gasteiger partial charge in [-0.1, -0.05) is 18.2 Å². The number of ether oxygens (including phenoxy) is 1. The van der Waals surface area contributed by atoms with Crippen LogP contribution < -0.4 is 5.32 Å². The van der Waals surface area contributed by atoms with E-state index in [0.29, 0.717) is 37.7 Å². The highest BCUT2D eigenvalue weighted by atomic mass is 32.2. The van der Waals surface area contributed by atoms with Crippen LogP contribution >= 0.6 is 0 Å². The summed E-state index contributed by atoms with van der Waals surface area (Å²) in [5, 5.41) is 3.21. The van der Waals surface area contributed by atoms with E-state index in [0.717, 1.165) is 29.7 Å². The van der Waals surface area contributed by atoms with Crippen LogP contribution in [0.3, 0.4) is 0 Å².